The molecule has 0 saturated heterocycles. The van der Waals surface area contributed by atoms with E-state index in [0.717, 1.165) is 39.7 Å². The lowest BCUT2D eigenvalue weighted by Gasteiger charge is -2.28. The van der Waals surface area contributed by atoms with Crippen LogP contribution in [0.1, 0.15) is 46.5 Å². The third-order valence-electron chi connectivity index (χ3n) is 16.2. The Hall–Kier alpha value is -9.58. The van der Waals surface area contributed by atoms with Crippen molar-refractivity contribution in [2.75, 3.05) is 9.80 Å². The summed E-state index contributed by atoms with van der Waals surface area (Å²) in [6, 6.07) is 95.1. The molecule has 0 aliphatic carbocycles. The van der Waals surface area contributed by atoms with Gasteiger partial charge >= 0.3 is 0 Å². The molecule has 5 heterocycles. The third kappa shape index (κ3) is 6.51. The minimum atomic E-state index is -0.185. The van der Waals surface area contributed by atoms with Crippen LogP contribution in [0.3, 0.4) is 0 Å². The number of para-hydroxylation sites is 4. The van der Waals surface area contributed by atoms with Crippen LogP contribution in [-0.4, -0.2) is 4.57 Å². The molecule has 4 unspecified atom stereocenters. The third-order valence-corrected chi connectivity index (χ3v) is 16.2. The van der Waals surface area contributed by atoms with Crippen molar-refractivity contribution in [2.45, 2.75) is 24.3 Å². The van der Waals surface area contributed by atoms with Gasteiger partial charge in [-0.25, -0.2) is 0 Å². The van der Waals surface area contributed by atoms with Gasteiger partial charge in [-0.2, -0.15) is 0 Å². The average Bonchev–Trinajstić information content (AvgIpc) is 4.29. The second-order valence-electron chi connectivity index (χ2n) is 20.3. The molecule has 0 N–H and O–H groups in total. The van der Waals surface area contributed by atoms with Crippen molar-refractivity contribution >= 4 is 44.6 Å². The highest BCUT2D eigenvalue weighted by Crippen LogP contribution is 2.61. The Bertz CT molecular complexity index is 4170. The van der Waals surface area contributed by atoms with E-state index < -0.39 is 0 Å². The Morgan fingerprint density at radius 1 is 0.267 bits per heavy atom. The summed E-state index contributed by atoms with van der Waals surface area (Å²) in [6.45, 7) is 0. The van der Waals surface area contributed by atoms with Gasteiger partial charge in [-0.1, -0.05) is 158 Å². The number of benzene rings is 11. The number of aromatic nitrogens is 1. The Morgan fingerprint density at radius 3 is 1.16 bits per heavy atom. The maximum Gasteiger partial charge on any atom is 0.151 e. The zero-order valence-electron chi connectivity index (χ0n) is 40.8. The van der Waals surface area contributed by atoms with Crippen molar-refractivity contribution in [2.24, 2.45) is 0 Å². The van der Waals surface area contributed by atoms with Gasteiger partial charge < -0.3 is 23.8 Å². The van der Waals surface area contributed by atoms with Crippen molar-refractivity contribution < 1.29 is 9.47 Å². The first-order valence-electron chi connectivity index (χ1n) is 26.0. The molecule has 0 radical (unpaired) electrons. The number of hydrogen-bond donors (Lipinski definition) is 0. The molecule has 4 aliphatic rings. The highest BCUT2D eigenvalue weighted by Gasteiger charge is 2.49. The van der Waals surface area contributed by atoms with Gasteiger partial charge in [0, 0.05) is 61.5 Å². The largest absolute Gasteiger partial charge is 0.483 e. The van der Waals surface area contributed by atoms with E-state index in [1.54, 1.807) is 0 Å². The fourth-order valence-corrected chi connectivity index (χ4v) is 12.8. The van der Waals surface area contributed by atoms with E-state index >= 15 is 0 Å². The maximum absolute atomic E-state index is 7.01. The summed E-state index contributed by atoms with van der Waals surface area (Å²) in [5.74, 6) is 1.91. The summed E-state index contributed by atoms with van der Waals surface area (Å²) >= 11 is 0. The molecule has 1 aromatic heterocycles. The minimum absolute atomic E-state index is 0.0343. The van der Waals surface area contributed by atoms with Gasteiger partial charge in [-0.3, -0.25) is 0 Å². The highest BCUT2D eigenvalue weighted by atomic mass is 16.5. The molecule has 4 atom stereocenters. The lowest BCUT2D eigenvalue weighted by atomic mass is 9.96. The van der Waals surface area contributed by atoms with Gasteiger partial charge in [-0.05, 0) is 148 Å². The topological polar surface area (TPSA) is 29.9 Å². The van der Waals surface area contributed by atoms with E-state index in [-0.39, 0.29) is 24.3 Å². The molecule has 5 heteroatoms. The lowest BCUT2D eigenvalue weighted by Crippen LogP contribution is -2.20. The first kappa shape index (κ1) is 42.0. The maximum atomic E-state index is 7.01. The van der Waals surface area contributed by atoms with Crippen LogP contribution in [-0.2, 0) is 0 Å². The van der Waals surface area contributed by atoms with Gasteiger partial charge in [-0.15, -0.1) is 0 Å². The molecule has 4 aliphatic heterocycles. The molecule has 354 valence electrons. The average molecular weight is 962 g/mol. The number of fused-ring (bicyclic) bond motifs is 13. The number of nitrogens with zero attached hydrogens (tertiary/aromatic N) is 3. The molecule has 0 bridgehead atoms. The van der Waals surface area contributed by atoms with Crippen LogP contribution in [0.25, 0.3) is 72.0 Å². The van der Waals surface area contributed by atoms with Crippen molar-refractivity contribution in [1.82, 2.24) is 4.57 Å². The molecule has 75 heavy (non-hydrogen) atoms. The number of anilines is 4. The number of rotatable bonds is 7. The summed E-state index contributed by atoms with van der Waals surface area (Å²) < 4.78 is 16.2. The minimum Gasteiger partial charge on any atom is -0.483 e. The van der Waals surface area contributed by atoms with E-state index in [2.05, 4.69) is 275 Å². The second kappa shape index (κ2) is 16.5. The summed E-state index contributed by atoms with van der Waals surface area (Å²) in [5.41, 5.74) is 22.3. The van der Waals surface area contributed by atoms with Gasteiger partial charge in [0.05, 0.1) is 11.0 Å². The van der Waals surface area contributed by atoms with Crippen molar-refractivity contribution in [3.05, 3.63) is 283 Å². The predicted molar refractivity (Wildman–Crippen MR) is 305 cm³/mol. The van der Waals surface area contributed by atoms with Crippen LogP contribution in [0.4, 0.5) is 22.7 Å². The van der Waals surface area contributed by atoms with Crippen LogP contribution < -0.4 is 19.3 Å². The normalized spacial score (nSPS) is 17.5. The van der Waals surface area contributed by atoms with Crippen LogP contribution in [0, 0.1) is 0 Å². The summed E-state index contributed by atoms with van der Waals surface area (Å²) in [5, 5.41) is 2.41. The molecule has 16 rings (SSSR count). The fourth-order valence-electron chi connectivity index (χ4n) is 12.8. The SMILES string of the molecule is c1ccc(-c2cc(-c3ccccc3)cc(N3c4ccc(-c5ccc6c(c5)c5cc(-c7ccc8c(c7)C7Oc9ccccc9C7N8c7ccccc7)ccc5n6-c5ccccc5)cc4C4Oc5ccccc5C43)c2)cc1. The zero-order valence-corrected chi connectivity index (χ0v) is 40.8. The van der Waals surface area contributed by atoms with E-state index in [4.69, 9.17) is 9.47 Å². The van der Waals surface area contributed by atoms with Crippen molar-refractivity contribution in [1.29, 1.82) is 0 Å². The number of hydrogen-bond acceptors (Lipinski definition) is 4. The molecule has 11 aromatic carbocycles. The van der Waals surface area contributed by atoms with Crippen LogP contribution in [0.15, 0.2) is 261 Å². The van der Waals surface area contributed by atoms with E-state index in [1.165, 1.54) is 88.8 Å². The van der Waals surface area contributed by atoms with Crippen molar-refractivity contribution in [3.63, 3.8) is 0 Å². The van der Waals surface area contributed by atoms with Gasteiger partial charge in [0.25, 0.3) is 0 Å². The highest BCUT2D eigenvalue weighted by molar-refractivity contribution is 6.12. The standard InChI is InChI=1S/C70H47N3O2/c1-5-17-44(18-6-1)50-37-51(45-19-7-2-8-20-45)39-54(38-50)73-64-36-32-49(43-60(64)70-68(73)56-26-14-16-28-66(56)75-70)47-30-34-62-58(41-47)57-40-46(29-33-61(57)71(62)52-21-9-3-10-22-52)48-31-35-63-59(42-48)69-67(55-25-13-15-27-65(55)74-69)72(63)53-23-11-4-12-24-53/h1-43,67-70H. The molecule has 0 amide bonds. The Balaban J connectivity index is 0.830. The monoisotopic (exact) mass is 961 g/mol. The molecule has 0 spiro atoms. The first-order valence-corrected chi connectivity index (χ1v) is 26.0. The summed E-state index contributed by atoms with van der Waals surface area (Å²) in [4.78, 5) is 5.00. The Morgan fingerprint density at radius 2 is 0.667 bits per heavy atom. The first-order chi connectivity index (χ1) is 37.2. The van der Waals surface area contributed by atoms with E-state index in [1.807, 2.05) is 0 Å². The number of ether oxygens (including phenoxy) is 2. The Kier molecular flexibility index (Phi) is 9.22. The van der Waals surface area contributed by atoms with Gasteiger partial charge in [0.1, 0.15) is 23.6 Å². The Labute approximate surface area is 435 Å². The quantitative estimate of drug-likeness (QED) is 0.159. The van der Waals surface area contributed by atoms with Crippen LogP contribution in [0.2, 0.25) is 0 Å². The molecule has 0 saturated carbocycles. The van der Waals surface area contributed by atoms with E-state index in [9.17, 15) is 0 Å². The summed E-state index contributed by atoms with van der Waals surface area (Å²) in [7, 11) is 0. The lowest BCUT2D eigenvalue weighted by molar-refractivity contribution is 0.223. The smallest absolute Gasteiger partial charge is 0.151 e. The zero-order chi connectivity index (χ0) is 49.1. The van der Waals surface area contributed by atoms with Gasteiger partial charge in [0.15, 0.2) is 12.2 Å². The summed E-state index contributed by atoms with van der Waals surface area (Å²) in [6.07, 6.45) is -0.302. The second-order valence-corrected chi connectivity index (χ2v) is 20.3. The molecular formula is C70H47N3O2. The van der Waals surface area contributed by atoms with Crippen molar-refractivity contribution in [3.8, 4) is 61.7 Å². The fraction of sp³-hybridized carbons (Fsp3) is 0.0571. The van der Waals surface area contributed by atoms with Crippen LogP contribution in [0.5, 0.6) is 11.5 Å². The molecule has 5 nitrogen and oxygen atoms in total. The van der Waals surface area contributed by atoms with E-state index in [0.29, 0.717) is 0 Å². The van der Waals surface area contributed by atoms with Gasteiger partial charge in [0.2, 0.25) is 0 Å². The molecule has 0 fully saturated rings. The molecular weight excluding hydrogens is 915 g/mol. The van der Waals surface area contributed by atoms with Crippen LogP contribution >= 0.6 is 0 Å². The molecule has 12 aromatic rings. The predicted octanol–water partition coefficient (Wildman–Crippen LogP) is 18.1.